The van der Waals surface area contributed by atoms with Crippen molar-refractivity contribution in [3.63, 3.8) is 0 Å². The number of halogens is 3. The van der Waals surface area contributed by atoms with Gasteiger partial charge < -0.3 is 0 Å². The number of rotatable bonds is 4. The molecule has 0 aliphatic heterocycles. The minimum atomic E-state index is -1.27. The van der Waals surface area contributed by atoms with Crippen LogP contribution in [0.15, 0.2) is 42.6 Å². The molecule has 1 saturated carbocycles. The molecule has 1 aromatic carbocycles. The molecule has 0 radical (unpaired) electrons. The Kier molecular flexibility index (Phi) is 4.46. The number of hydrogen-bond donors (Lipinski definition) is 0. The molecular formula is C23H17F3N4. The largest absolute Gasteiger partial charge is 0.261 e. The summed E-state index contributed by atoms with van der Waals surface area (Å²) in [5, 5.41) is 1.10. The molecule has 1 aliphatic rings. The number of nitrogens with zero attached hydrogens (tertiary/aromatic N) is 4. The second-order valence-electron chi connectivity index (χ2n) is 7.55. The van der Waals surface area contributed by atoms with Crippen LogP contribution in [0, 0.1) is 24.5 Å². The Morgan fingerprint density at radius 2 is 1.83 bits per heavy atom. The van der Waals surface area contributed by atoms with Crippen LogP contribution in [0.4, 0.5) is 13.2 Å². The van der Waals surface area contributed by atoms with Crippen LogP contribution in [-0.2, 0) is 6.42 Å². The third-order valence-corrected chi connectivity index (χ3v) is 5.33. The van der Waals surface area contributed by atoms with Gasteiger partial charge in [-0.15, -0.1) is 0 Å². The number of benzene rings is 1. The van der Waals surface area contributed by atoms with E-state index in [9.17, 15) is 13.2 Å². The Bertz CT molecular complexity index is 1290. The Labute approximate surface area is 170 Å². The van der Waals surface area contributed by atoms with Crippen LogP contribution < -0.4 is 0 Å². The lowest BCUT2D eigenvalue weighted by atomic mass is 10.0. The molecular weight excluding hydrogens is 389 g/mol. The minimum absolute atomic E-state index is 0.146. The summed E-state index contributed by atoms with van der Waals surface area (Å²) in [7, 11) is 0. The highest BCUT2D eigenvalue weighted by Gasteiger charge is 2.26. The average Bonchev–Trinajstić information content (AvgIpc) is 3.56. The first-order chi connectivity index (χ1) is 14.5. The fourth-order valence-corrected chi connectivity index (χ4v) is 3.78. The molecule has 0 N–H and O–H groups in total. The number of aryl methyl sites for hydroxylation is 1. The second-order valence-corrected chi connectivity index (χ2v) is 7.55. The van der Waals surface area contributed by atoms with E-state index >= 15 is 0 Å². The van der Waals surface area contributed by atoms with E-state index in [2.05, 4.69) is 21.0 Å². The van der Waals surface area contributed by atoms with Crippen molar-refractivity contribution in [1.29, 1.82) is 0 Å². The van der Waals surface area contributed by atoms with E-state index in [-0.39, 0.29) is 12.1 Å². The zero-order valence-corrected chi connectivity index (χ0v) is 16.2. The Balaban J connectivity index is 1.54. The van der Waals surface area contributed by atoms with Crippen molar-refractivity contribution >= 4 is 10.9 Å². The van der Waals surface area contributed by atoms with E-state index in [1.165, 1.54) is 18.4 Å². The molecule has 3 aromatic heterocycles. The summed E-state index contributed by atoms with van der Waals surface area (Å²) >= 11 is 0. The number of aromatic nitrogens is 4. The van der Waals surface area contributed by atoms with Crippen LogP contribution in [0.5, 0.6) is 0 Å². The molecule has 150 valence electrons. The van der Waals surface area contributed by atoms with Crippen LogP contribution in [0.25, 0.3) is 22.3 Å². The molecule has 0 unspecified atom stereocenters. The maximum absolute atomic E-state index is 14.0. The zero-order chi connectivity index (χ0) is 20.8. The van der Waals surface area contributed by atoms with Gasteiger partial charge in [0.1, 0.15) is 0 Å². The van der Waals surface area contributed by atoms with Crippen molar-refractivity contribution in [3.8, 4) is 11.4 Å². The first kappa shape index (κ1) is 18.7. The first-order valence-corrected chi connectivity index (χ1v) is 9.72. The van der Waals surface area contributed by atoms with E-state index < -0.39 is 17.6 Å². The fraction of sp³-hybridized carbons (Fsp3) is 0.217. The Morgan fingerprint density at radius 3 is 2.63 bits per heavy atom. The lowest BCUT2D eigenvalue weighted by Gasteiger charge is -2.10. The van der Waals surface area contributed by atoms with Gasteiger partial charge in [0.2, 0.25) is 5.95 Å². The monoisotopic (exact) mass is 406 g/mol. The second kappa shape index (κ2) is 7.16. The summed E-state index contributed by atoms with van der Waals surface area (Å²) in [6.45, 7) is 1.97. The van der Waals surface area contributed by atoms with Crippen molar-refractivity contribution in [3.05, 3.63) is 82.8 Å². The van der Waals surface area contributed by atoms with Gasteiger partial charge in [-0.25, -0.2) is 23.7 Å². The average molecular weight is 406 g/mol. The van der Waals surface area contributed by atoms with E-state index in [1.54, 1.807) is 18.3 Å². The molecule has 0 spiro atoms. The van der Waals surface area contributed by atoms with E-state index in [1.807, 2.05) is 19.1 Å². The first-order valence-electron chi connectivity index (χ1n) is 9.72. The number of fused-ring (bicyclic) bond motifs is 1. The lowest BCUT2D eigenvalue weighted by molar-refractivity contribution is 0.467. The molecule has 1 aliphatic carbocycles. The van der Waals surface area contributed by atoms with Gasteiger partial charge in [0.25, 0.3) is 0 Å². The van der Waals surface area contributed by atoms with Gasteiger partial charge in [-0.2, -0.15) is 4.39 Å². The zero-order valence-electron chi connectivity index (χ0n) is 16.2. The van der Waals surface area contributed by atoms with Crippen molar-refractivity contribution in [2.24, 2.45) is 0 Å². The summed E-state index contributed by atoms with van der Waals surface area (Å²) in [6.07, 6.45) is 3.78. The van der Waals surface area contributed by atoms with Gasteiger partial charge in [0.05, 0.1) is 11.2 Å². The molecule has 3 heterocycles. The van der Waals surface area contributed by atoms with E-state index in [0.717, 1.165) is 16.6 Å². The molecule has 1 fully saturated rings. The molecule has 4 nitrogen and oxygen atoms in total. The quantitative estimate of drug-likeness (QED) is 0.433. The topological polar surface area (TPSA) is 51.6 Å². The Hall–Kier alpha value is -3.35. The van der Waals surface area contributed by atoms with Gasteiger partial charge in [-0.3, -0.25) is 4.98 Å². The fourth-order valence-electron chi connectivity index (χ4n) is 3.78. The summed E-state index contributed by atoms with van der Waals surface area (Å²) in [6, 6.07) is 9.98. The van der Waals surface area contributed by atoms with Gasteiger partial charge in [0.15, 0.2) is 17.5 Å². The normalized spacial score (nSPS) is 13.7. The minimum Gasteiger partial charge on any atom is -0.261 e. The smallest absolute Gasteiger partial charge is 0.216 e. The highest BCUT2D eigenvalue weighted by molar-refractivity contribution is 5.86. The molecule has 0 atom stereocenters. The predicted octanol–water partition coefficient (Wildman–Crippen LogP) is 5.28. The van der Waals surface area contributed by atoms with Gasteiger partial charge in [0, 0.05) is 41.0 Å². The van der Waals surface area contributed by atoms with Crippen molar-refractivity contribution in [1.82, 2.24) is 19.9 Å². The maximum atomic E-state index is 14.0. The van der Waals surface area contributed by atoms with Crippen molar-refractivity contribution < 1.29 is 13.2 Å². The maximum Gasteiger partial charge on any atom is 0.216 e. The molecule has 0 bridgehead atoms. The van der Waals surface area contributed by atoms with E-state index in [0.29, 0.717) is 29.1 Å². The number of pyridine rings is 2. The van der Waals surface area contributed by atoms with Gasteiger partial charge >= 0.3 is 0 Å². The van der Waals surface area contributed by atoms with Crippen LogP contribution in [0.1, 0.15) is 41.4 Å². The van der Waals surface area contributed by atoms with Crippen LogP contribution in [-0.4, -0.2) is 19.9 Å². The molecule has 0 saturated heterocycles. The lowest BCUT2D eigenvalue weighted by Crippen LogP contribution is -2.04. The molecule has 7 heteroatoms. The van der Waals surface area contributed by atoms with E-state index in [4.69, 9.17) is 4.98 Å². The third-order valence-electron chi connectivity index (χ3n) is 5.33. The summed E-state index contributed by atoms with van der Waals surface area (Å²) in [4.78, 5) is 17.1. The Morgan fingerprint density at radius 1 is 1.00 bits per heavy atom. The van der Waals surface area contributed by atoms with Crippen LogP contribution in [0.2, 0.25) is 0 Å². The standard InChI is InChI=1S/C23H17F3N4/c1-12-21-16(13-5-6-13)3-2-4-18(21)30-23(28-12)14-7-8-27-15(9-14)10-19-22(26)17(24)11-20(25)29-19/h2-4,7-9,11,13H,5-6,10H2,1H3. The van der Waals surface area contributed by atoms with Crippen molar-refractivity contribution in [2.75, 3.05) is 0 Å². The SMILES string of the molecule is Cc1nc(-c2ccnc(Cc3nc(F)cc(F)c3F)c2)nc2cccc(C3CC3)c12. The summed E-state index contributed by atoms with van der Waals surface area (Å²) in [5.41, 5.74) is 3.84. The van der Waals surface area contributed by atoms with Gasteiger partial charge in [-0.05, 0) is 49.4 Å². The molecule has 0 amide bonds. The molecule has 5 rings (SSSR count). The highest BCUT2D eigenvalue weighted by Crippen LogP contribution is 2.43. The predicted molar refractivity (Wildman–Crippen MR) is 106 cm³/mol. The molecule has 30 heavy (non-hydrogen) atoms. The summed E-state index contributed by atoms with van der Waals surface area (Å²) in [5.74, 6) is -2.40. The highest BCUT2D eigenvalue weighted by atomic mass is 19.2. The van der Waals surface area contributed by atoms with Crippen molar-refractivity contribution in [2.45, 2.75) is 32.1 Å². The third kappa shape index (κ3) is 3.40. The van der Waals surface area contributed by atoms with Gasteiger partial charge in [-0.1, -0.05) is 12.1 Å². The molecule has 4 aromatic rings. The number of hydrogen-bond acceptors (Lipinski definition) is 4. The van der Waals surface area contributed by atoms with Crippen LogP contribution in [0.3, 0.4) is 0 Å². The van der Waals surface area contributed by atoms with Crippen LogP contribution >= 0.6 is 0 Å². The summed E-state index contributed by atoms with van der Waals surface area (Å²) < 4.78 is 40.8.